The molecule has 0 aliphatic carbocycles. The molecular formula is C21H22N4O2S. The Morgan fingerprint density at radius 1 is 1.21 bits per heavy atom. The van der Waals surface area contributed by atoms with Gasteiger partial charge in [-0.25, -0.2) is 0 Å². The predicted octanol–water partition coefficient (Wildman–Crippen LogP) is 4.25. The van der Waals surface area contributed by atoms with Gasteiger partial charge in [0.2, 0.25) is 5.91 Å². The highest BCUT2D eigenvalue weighted by Gasteiger charge is 2.25. The van der Waals surface area contributed by atoms with Crippen LogP contribution in [0.2, 0.25) is 0 Å². The van der Waals surface area contributed by atoms with E-state index >= 15 is 0 Å². The minimum absolute atomic E-state index is 0.132. The van der Waals surface area contributed by atoms with Gasteiger partial charge in [-0.2, -0.15) is 0 Å². The van der Waals surface area contributed by atoms with Crippen molar-refractivity contribution in [2.45, 2.75) is 23.9 Å². The van der Waals surface area contributed by atoms with Gasteiger partial charge < -0.3 is 14.6 Å². The Kier molecular flexibility index (Phi) is 6.49. The number of aromatic nitrogens is 3. The Labute approximate surface area is 168 Å². The first-order chi connectivity index (χ1) is 13.6. The maximum Gasteiger partial charge on any atom is 0.242 e. The van der Waals surface area contributed by atoms with Crippen molar-refractivity contribution in [2.24, 2.45) is 0 Å². The van der Waals surface area contributed by atoms with Crippen LogP contribution in [0.1, 0.15) is 16.6 Å². The van der Waals surface area contributed by atoms with Gasteiger partial charge in [0, 0.05) is 12.2 Å². The molecule has 1 N–H and O–H groups in total. The van der Waals surface area contributed by atoms with Crippen LogP contribution >= 0.6 is 11.8 Å². The van der Waals surface area contributed by atoms with Crippen LogP contribution in [-0.2, 0) is 11.3 Å². The Morgan fingerprint density at radius 2 is 1.93 bits per heavy atom. The molecule has 0 spiro atoms. The fraction of sp³-hybridized carbons (Fsp3) is 0.190. The third kappa shape index (κ3) is 4.61. The van der Waals surface area contributed by atoms with E-state index in [0.717, 1.165) is 17.1 Å². The number of benzene rings is 2. The van der Waals surface area contributed by atoms with Crippen LogP contribution in [0.25, 0.3) is 0 Å². The second kappa shape index (κ2) is 9.23. The average molecular weight is 395 g/mol. The molecular weight excluding hydrogens is 372 g/mol. The summed E-state index contributed by atoms with van der Waals surface area (Å²) in [5, 5.41) is 11.6. The van der Waals surface area contributed by atoms with E-state index in [-0.39, 0.29) is 5.91 Å². The van der Waals surface area contributed by atoms with Crippen molar-refractivity contribution in [1.29, 1.82) is 0 Å². The molecule has 2 aromatic carbocycles. The SMILES string of the molecule is C=CCn1c(C)nnc1S[C@H](C(=O)Nc1ccc(OC)cc1)c1ccccc1. The van der Waals surface area contributed by atoms with Crippen LogP contribution in [0.5, 0.6) is 5.75 Å². The summed E-state index contributed by atoms with van der Waals surface area (Å²) in [5.41, 5.74) is 1.60. The van der Waals surface area contributed by atoms with Crippen molar-refractivity contribution in [2.75, 3.05) is 12.4 Å². The van der Waals surface area contributed by atoms with E-state index in [2.05, 4.69) is 22.1 Å². The summed E-state index contributed by atoms with van der Waals surface area (Å²) in [6, 6.07) is 16.9. The highest BCUT2D eigenvalue weighted by atomic mass is 32.2. The molecule has 1 amide bonds. The Hall–Kier alpha value is -3.06. The van der Waals surface area contributed by atoms with E-state index < -0.39 is 5.25 Å². The van der Waals surface area contributed by atoms with E-state index in [1.165, 1.54) is 11.8 Å². The first kappa shape index (κ1) is 19.7. The third-order valence-electron chi connectivity index (χ3n) is 4.13. The Balaban J connectivity index is 1.86. The van der Waals surface area contributed by atoms with Gasteiger partial charge in [0.05, 0.1) is 7.11 Å². The van der Waals surface area contributed by atoms with Gasteiger partial charge in [-0.15, -0.1) is 16.8 Å². The minimum atomic E-state index is -0.476. The number of thioether (sulfide) groups is 1. The largest absolute Gasteiger partial charge is 0.497 e. The maximum absolute atomic E-state index is 13.1. The number of anilines is 1. The summed E-state index contributed by atoms with van der Waals surface area (Å²) < 4.78 is 7.10. The zero-order chi connectivity index (χ0) is 19.9. The molecule has 7 heteroatoms. The lowest BCUT2D eigenvalue weighted by atomic mass is 10.1. The molecule has 0 fully saturated rings. The van der Waals surface area contributed by atoms with Crippen molar-refractivity contribution in [1.82, 2.24) is 14.8 Å². The molecule has 3 aromatic rings. The molecule has 0 bridgehead atoms. The number of carbonyl (C=O) groups is 1. The third-order valence-corrected chi connectivity index (χ3v) is 5.37. The number of ether oxygens (including phenoxy) is 1. The summed E-state index contributed by atoms with van der Waals surface area (Å²) in [5.74, 6) is 1.39. The molecule has 1 aromatic heterocycles. The van der Waals surface area contributed by atoms with Crippen LogP contribution in [0.15, 0.2) is 72.4 Å². The Bertz CT molecular complexity index is 939. The summed E-state index contributed by atoms with van der Waals surface area (Å²) in [4.78, 5) is 13.1. The van der Waals surface area contributed by atoms with Crippen LogP contribution in [0.4, 0.5) is 5.69 Å². The molecule has 1 atom stereocenters. The lowest BCUT2D eigenvalue weighted by Gasteiger charge is -2.17. The molecule has 0 unspecified atom stereocenters. The normalized spacial score (nSPS) is 11.6. The molecule has 3 rings (SSSR count). The summed E-state index contributed by atoms with van der Waals surface area (Å²) in [6.07, 6.45) is 1.79. The average Bonchev–Trinajstić information content (AvgIpc) is 3.07. The van der Waals surface area contributed by atoms with Crippen molar-refractivity contribution in [3.8, 4) is 5.75 Å². The summed E-state index contributed by atoms with van der Waals surface area (Å²) in [6.45, 7) is 6.26. The van der Waals surface area contributed by atoms with Crippen molar-refractivity contribution >= 4 is 23.4 Å². The van der Waals surface area contributed by atoms with E-state index in [4.69, 9.17) is 4.74 Å². The van der Waals surface area contributed by atoms with Crippen LogP contribution in [-0.4, -0.2) is 27.8 Å². The number of nitrogens with zero attached hydrogens (tertiary/aromatic N) is 3. The fourth-order valence-electron chi connectivity index (χ4n) is 2.68. The highest BCUT2D eigenvalue weighted by molar-refractivity contribution is 8.00. The van der Waals surface area contributed by atoms with Crippen molar-refractivity contribution in [3.63, 3.8) is 0 Å². The zero-order valence-electron chi connectivity index (χ0n) is 15.8. The van der Waals surface area contributed by atoms with E-state index in [1.54, 1.807) is 13.2 Å². The van der Waals surface area contributed by atoms with Crippen molar-refractivity contribution < 1.29 is 9.53 Å². The number of allylic oxidation sites excluding steroid dienone is 1. The van der Waals surface area contributed by atoms with Crippen LogP contribution < -0.4 is 10.1 Å². The van der Waals surface area contributed by atoms with Gasteiger partial charge in [-0.1, -0.05) is 48.2 Å². The second-order valence-corrected chi connectivity index (χ2v) is 7.13. The molecule has 0 saturated carbocycles. The lowest BCUT2D eigenvalue weighted by Crippen LogP contribution is -2.19. The van der Waals surface area contributed by atoms with Gasteiger partial charge in [-0.05, 0) is 36.8 Å². The number of nitrogens with one attached hydrogen (secondary N) is 1. The second-order valence-electron chi connectivity index (χ2n) is 6.06. The Morgan fingerprint density at radius 3 is 2.57 bits per heavy atom. The molecule has 6 nitrogen and oxygen atoms in total. The van der Waals surface area contributed by atoms with Gasteiger partial charge in [0.1, 0.15) is 16.8 Å². The smallest absolute Gasteiger partial charge is 0.242 e. The monoisotopic (exact) mass is 394 g/mol. The molecule has 28 heavy (non-hydrogen) atoms. The first-order valence-electron chi connectivity index (χ1n) is 8.79. The van der Waals surface area contributed by atoms with Gasteiger partial charge in [0.15, 0.2) is 5.16 Å². The molecule has 0 aliphatic heterocycles. The minimum Gasteiger partial charge on any atom is -0.497 e. The number of rotatable bonds is 8. The van der Waals surface area contributed by atoms with E-state index in [1.807, 2.05) is 66.1 Å². The number of amides is 1. The molecule has 144 valence electrons. The standard InChI is InChI=1S/C21H22N4O2S/c1-4-14-25-15(2)23-24-21(25)28-19(16-8-6-5-7-9-16)20(26)22-17-10-12-18(27-3)13-11-17/h4-13,19H,1,14H2,2-3H3,(H,22,26)/t19-/m0/s1. The fourth-order valence-corrected chi connectivity index (χ4v) is 3.77. The zero-order valence-corrected chi connectivity index (χ0v) is 16.6. The molecule has 1 heterocycles. The molecule has 0 aliphatic rings. The first-order valence-corrected chi connectivity index (χ1v) is 9.67. The van der Waals surface area contributed by atoms with Gasteiger partial charge >= 0.3 is 0 Å². The number of methoxy groups -OCH3 is 1. The quantitative estimate of drug-likeness (QED) is 0.457. The number of aryl methyl sites for hydroxylation is 1. The predicted molar refractivity (Wildman–Crippen MR) is 112 cm³/mol. The van der Waals surface area contributed by atoms with Gasteiger partial charge in [-0.3, -0.25) is 4.79 Å². The topological polar surface area (TPSA) is 69.0 Å². The summed E-state index contributed by atoms with van der Waals surface area (Å²) >= 11 is 1.37. The number of hydrogen-bond donors (Lipinski definition) is 1. The lowest BCUT2D eigenvalue weighted by molar-refractivity contribution is -0.115. The van der Waals surface area contributed by atoms with Crippen LogP contribution in [0.3, 0.4) is 0 Å². The van der Waals surface area contributed by atoms with E-state index in [9.17, 15) is 4.79 Å². The molecule has 0 radical (unpaired) electrons. The van der Waals surface area contributed by atoms with Gasteiger partial charge in [0.25, 0.3) is 0 Å². The maximum atomic E-state index is 13.1. The van der Waals surface area contributed by atoms with E-state index in [0.29, 0.717) is 17.4 Å². The summed E-state index contributed by atoms with van der Waals surface area (Å²) in [7, 11) is 1.61. The molecule has 0 saturated heterocycles. The number of carbonyl (C=O) groups excluding carboxylic acids is 1. The number of hydrogen-bond acceptors (Lipinski definition) is 5. The van der Waals surface area contributed by atoms with Crippen LogP contribution in [0, 0.1) is 6.92 Å². The van der Waals surface area contributed by atoms with Crippen molar-refractivity contribution in [3.05, 3.63) is 78.6 Å². The highest BCUT2D eigenvalue weighted by Crippen LogP contribution is 2.35.